The topological polar surface area (TPSA) is 64.8 Å². The molecule has 3 aromatic rings. The van der Waals surface area contributed by atoms with Crippen LogP contribution in [0.4, 0.5) is 0 Å². The summed E-state index contributed by atoms with van der Waals surface area (Å²) in [6.45, 7) is 4.18. The first-order valence-electron chi connectivity index (χ1n) is 8.93. The lowest BCUT2D eigenvalue weighted by Crippen LogP contribution is -2.38. The smallest absolute Gasteiger partial charge is 0.338 e. The van der Waals surface area contributed by atoms with Gasteiger partial charge in [-0.05, 0) is 36.4 Å². The van der Waals surface area contributed by atoms with Gasteiger partial charge in [-0.25, -0.2) is 9.78 Å². The lowest BCUT2D eigenvalue weighted by Gasteiger charge is -2.26. The van der Waals surface area contributed by atoms with Gasteiger partial charge >= 0.3 is 5.97 Å². The average molecular weight is 421 g/mol. The van der Waals surface area contributed by atoms with Crippen molar-refractivity contribution in [2.75, 3.05) is 39.5 Å². The Bertz CT molecular complexity index is 979. The minimum absolute atomic E-state index is 0.333. The summed E-state index contributed by atoms with van der Waals surface area (Å²) >= 11 is 12.1. The quantitative estimate of drug-likeness (QED) is 0.573. The average Bonchev–Trinajstić information content (AvgIpc) is 3.11. The summed E-state index contributed by atoms with van der Waals surface area (Å²) in [5.74, 6) is -0.00357. The number of carbonyl (C=O) groups is 1. The van der Waals surface area contributed by atoms with E-state index in [0.717, 1.165) is 26.3 Å². The first-order chi connectivity index (χ1) is 13.6. The normalized spacial score (nSPS) is 15.1. The molecule has 6 nitrogen and oxygen atoms in total. The number of halogens is 2. The number of aromatic nitrogens is 1. The molecular weight excluding hydrogens is 403 g/mol. The molecule has 28 heavy (non-hydrogen) atoms. The van der Waals surface area contributed by atoms with Crippen LogP contribution in [0.25, 0.3) is 22.6 Å². The van der Waals surface area contributed by atoms with Gasteiger partial charge in [0, 0.05) is 35.2 Å². The Morgan fingerprint density at radius 1 is 1.11 bits per heavy atom. The minimum atomic E-state index is -0.390. The molecule has 0 bridgehead atoms. The highest BCUT2D eigenvalue weighted by Crippen LogP contribution is 2.29. The number of rotatable bonds is 5. The van der Waals surface area contributed by atoms with E-state index in [-0.39, 0.29) is 5.97 Å². The van der Waals surface area contributed by atoms with E-state index in [1.54, 1.807) is 36.4 Å². The SMILES string of the molecule is O=C(OCCN1CCOCC1)c1ccc2nc(-c3cc(Cl)cc(Cl)c3)oc2c1. The molecule has 0 aliphatic carbocycles. The number of benzene rings is 2. The van der Waals surface area contributed by atoms with Crippen molar-refractivity contribution in [3.63, 3.8) is 0 Å². The molecule has 1 fully saturated rings. The molecule has 2 aromatic carbocycles. The molecule has 0 spiro atoms. The molecule has 1 aliphatic rings. The molecule has 1 saturated heterocycles. The molecule has 0 N–H and O–H groups in total. The van der Waals surface area contributed by atoms with E-state index in [2.05, 4.69) is 9.88 Å². The summed E-state index contributed by atoms with van der Waals surface area (Å²) in [6, 6.07) is 10.1. The monoisotopic (exact) mass is 420 g/mol. The number of nitrogens with zero attached hydrogens (tertiary/aromatic N) is 2. The molecular formula is C20H18Cl2N2O4. The van der Waals surface area contributed by atoms with Gasteiger partial charge in [0.1, 0.15) is 12.1 Å². The van der Waals surface area contributed by atoms with Gasteiger partial charge in [-0.1, -0.05) is 23.2 Å². The van der Waals surface area contributed by atoms with Gasteiger partial charge in [-0.2, -0.15) is 0 Å². The first kappa shape index (κ1) is 19.2. The lowest BCUT2D eigenvalue weighted by molar-refractivity contribution is 0.0195. The Balaban J connectivity index is 1.45. The molecule has 1 aliphatic heterocycles. The summed E-state index contributed by atoms with van der Waals surface area (Å²) in [6.07, 6.45) is 0. The highest BCUT2D eigenvalue weighted by atomic mass is 35.5. The van der Waals surface area contributed by atoms with Crippen molar-refractivity contribution in [3.05, 3.63) is 52.0 Å². The second-order valence-electron chi connectivity index (χ2n) is 6.45. The predicted molar refractivity (Wildman–Crippen MR) is 107 cm³/mol. The second-order valence-corrected chi connectivity index (χ2v) is 7.32. The largest absolute Gasteiger partial charge is 0.461 e. The summed E-state index contributed by atoms with van der Waals surface area (Å²) in [7, 11) is 0. The van der Waals surface area contributed by atoms with E-state index >= 15 is 0 Å². The molecule has 1 aromatic heterocycles. The molecule has 4 rings (SSSR count). The lowest BCUT2D eigenvalue weighted by atomic mass is 10.2. The summed E-state index contributed by atoms with van der Waals surface area (Å²) in [4.78, 5) is 19.0. The Hall–Kier alpha value is -2.12. The Labute approximate surface area is 171 Å². The summed E-state index contributed by atoms with van der Waals surface area (Å²) in [5, 5.41) is 0.989. The van der Waals surface area contributed by atoms with Gasteiger partial charge in [0.15, 0.2) is 5.58 Å². The van der Waals surface area contributed by atoms with Gasteiger partial charge in [-0.15, -0.1) is 0 Å². The number of fused-ring (bicyclic) bond motifs is 1. The Morgan fingerprint density at radius 3 is 2.61 bits per heavy atom. The standard InChI is InChI=1S/C20H18Cl2N2O4/c21-15-9-14(10-16(22)12-15)19-23-17-2-1-13(11-18(17)28-19)20(25)27-8-5-24-3-6-26-7-4-24/h1-2,9-12H,3-8H2. The van der Waals surface area contributed by atoms with Crippen LogP contribution in [0.3, 0.4) is 0 Å². The van der Waals surface area contributed by atoms with Crippen LogP contribution in [0.1, 0.15) is 10.4 Å². The van der Waals surface area contributed by atoms with Crippen molar-refractivity contribution in [2.45, 2.75) is 0 Å². The van der Waals surface area contributed by atoms with Crippen molar-refractivity contribution in [1.82, 2.24) is 9.88 Å². The zero-order valence-corrected chi connectivity index (χ0v) is 16.5. The van der Waals surface area contributed by atoms with Crippen LogP contribution in [0.5, 0.6) is 0 Å². The number of hydrogen-bond donors (Lipinski definition) is 0. The zero-order chi connectivity index (χ0) is 19.5. The number of morpholine rings is 1. The van der Waals surface area contributed by atoms with Crippen LogP contribution < -0.4 is 0 Å². The van der Waals surface area contributed by atoms with Gasteiger partial charge < -0.3 is 13.9 Å². The Morgan fingerprint density at radius 2 is 1.86 bits per heavy atom. The fourth-order valence-electron chi connectivity index (χ4n) is 3.03. The van der Waals surface area contributed by atoms with E-state index in [9.17, 15) is 4.79 Å². The molecule has 0 unspecified atom stereocenters. The van der Waals surface area contributed by atoms with E-state index in [1.807, 2.05) is 0 Å². The van der Waals surface area contributed by atoms with Crippen molar-refractivity contribution >= 4 is 40.3 Å². The first-order valence-corrected chi connectivity index (χ1v) is 9.68. The van der Waals surface area contributed by atoms with Crippen LogP contribution in [0.15, 0.2) is 40.8 Å². The highest BCUT2D eigenvalue weighted by molar-refractivity contribution is 6.35. The molecule has 0 radical (unpaired) electrons. The maximum absolute atomic E-state index is 12.3. The van der Waals surface area contributed by atoms with Crippen LogP contribution in [-0.2, 0) is 9.47 Å². The number of ether oxygens (including phenoxy) is 2. The summed E-state index contributed by atoms with van der Waals surface area (Å²) < 4.78 is 16.5. The third kappa shape index (κ3) is 4.47. The molecule has 0 amide bonds. The molecule has 146 valence electrons. The Kier molecular flexibility index (Phi) is 5.82. The summed E-state index contributed by atoms with van der Waals surface area (Å²) in [5.41, 5.74) is 2.22. The number of hydrogen-bond acceptors (Lipinski definition) is 6. The fraction of sp³-hybridized carbons (Fsp3) is 0.300. The van der Waals surface area contributed by atoms with Crippen molar-refractivity contribution in [1.29, 1.82) is 0 Å². The highest BCUT2D eigenvalue weighted by Gasteiger charge is 2.15. The van der Waals surface area contributed by atoms with Gasteiger partial charge in [0.2, 0.25) is 5.89 Å². The number of oxazole rings is 1. The zero-order valence-electron chi connectivity index (χ0n) is 15.0. The van der Waals surface area contributed by atoms with Gasteiger partial charge in [-0.3, -0.25) is 4.90 Å². The van der Waals surface area contributed by atoms with E-state index < -0.39 is 0 Å². The van der Waals surface area contributed by atoms with Crippen LogP contribution in [0.2, 0.25) is 10.0 Å². The van der Waals surface area contributed by atoms with Gasteiger partial charge in [0.25, 0.3) is 0 Å². The third-order valence-corrected chi connectivity index (χ3v) is 4.91. The van der Waals surface area contributed by atoms with E-state index in [0.29, 0.717) is 51.3 Å². The maximum atomic E-state index is 12.3. The maximum Gasteiger partial charge on any atom is 0.338 e. The van der Waals surface area contributed by atoms with E-state index in [1.165, 1.54) is 0 Å². The fourth-order valence-corrected chi connectivity index (χ4v) is 3.55. The van der Waals surface area contributed by atoms with Crippen molar-refractivity contribution < 1.29 is 18.7 Å². The molecule has 2 heterocycles. The third-order valence-electron chi connectivity index (χ3n) is 4.48. The molecule has 0 saturated carbocycles. The van der Waals surface area contributed by atoms with Crippen LogP contribution in [-0.4, -0.2) is 55.3 Å². The predicted octanol–water partition coefficient (Wildman–Crippen LogP) is 4.29. The van der Waals surface area contributed by atoms with E-state index in [4.69, 9.17) is 37.1 Å². The molecule has 0 atom stereocenters. The minimum Gasteiger partial charge on any atom is -0.461 e. The second kappa shape index (κ2) is 8.49. The van der Waals surface area contributed by atoms with Gasteiger partial charge in [0.05, 0.1) is 18.8 Å². The van der Waals surface area contributed by atoms with Crippen LogP contribution in [0, 0.1) is 0 Å². The van der Waals surface area contributed by atoms with Crippen molar-refractivity contribution in [2.24, 2.45) is 0 Å². The molecule has 8 heteroatoms. The van der Waals surface area contributed by atoms with Crippen molar-refractivity contribution in [3.8, 4) is 11.5 Å². The van der Waals surface area contributed by atoms with Crippen LogP contribution >= 0.6 is 23.2 Å². The number of esters is 1. The number of carbonyl (C=O) groups excluding carboxylic acids is 1.